The van der Waals surface area contributed by atoms with Gasteiger partial charge >= 0.3 is 0 Å². The Kier molecular flexibility index (Phi) is 1.83. The number of imidazole rings is 1. The molecule has 0 saturated heterocycles. The Morgan fingerprint density at radius 3 is 3.27 bits per heavy atom. The van der Waals surface area contributed by atoms with Gasteiger partial charge in [-0.15, -0.1) is 0 Å². The van der Waals surface area contributed by atoms with E-state index >= 15 is 0 Å². The lowest BCUT2D eigenvalue weighted by molar-refractivity contribution is 0.337. The number of rotatable bonds is 1. The van der Waals surface area contributed by atoms with Crippen LogP contribution in [0.2, 0.25) is 0 Å². The van der Waals surface area contributed by atoms with Gasteiger partial charge in [-0.2, -0.15) is 4.98 Å². The van der Waals surface area contributed by atoms with E-state index in [1.807, 2.05) is 6.92 Å². The van der Waals surface area contributed by atoms with Crippen LogP contribution in [0.25, 0.3) is 0 Å². The molecule has 1 atom stereocenters. The van der Waals surface area contributed by atoms with Crippen LogP contribution < -0.4 is 0 Å². The Morgan fingerprint density at radius 1 is 1.53 bits per heavy atom. The minimum absolute atomic E-state index is 0.346. The molecule has 78 valence electrons. The maximum Gasteiger partial charge on any atom is 0.230 e. The van der Waals surface area contributed by atoms with Crippen LogP contribution in [0.5, 0.6) is 0 Å². The monoisotopic (exact) mass is 204 g/mol. The van der Waals surface area contributed by atoms with Gasteiger partial charge in [0.15, 0.2) is 5.82 Å². The summed E-state index contributed by atoms with van der Waals surface area (Å²) in [6, 6.07) is 0. The quantitative estimate of drug-likeness (QED) is 0.761. The molecule has 2 heterocycles. The molecule has 0 radical (unpaired) electrons. The average molecular weight is 204 g/mol. The standard InChI is InChI=1S/C10H12N4O/c1-6-13-10(15-14-6)7-2-3-8-9(4-7)12-5-11-8/h5,7H,2-4H2,1H3,(H,11,12). The van der Waals surface area contributed by atoms with Crippen molar-refractivity contribution in [1.29, 1.82) is 0 Å². The van der Waals surface area contributed by atoms with Crippen LogP contribution in [0.15, 0.2) is 10.9 Å². The first-order valence-electron chi connectivity index (χ1n) is 5.14. The lowest BCUT2D eigenvalue weighted by atomic mass is 9.90. The van der Waals surface area contributed by atoms with Gasteiger partial charge in [-0.1, -0.05) is 5.16 Å². The first-order chi connectivity index (χ1) is 7.33. The number of nitrogens with zero attached hydrogens (tertiary/aromatic N) is 3. The van der Waals surface area contributed by atoms with E-state index in [2.05, 4.69) is 20.1 Å². The van der Waals surface area contributed by atoms with Crippen LogP contribution in [0.3, 0.4) is 0 Å². The van der Waals surface area contributed by atoms with Gasteiger partial charge in [-0.3, -0.25) is 0 Å². The maximum absolute atomic E-state index is 5.20. The SMILES string of the molecule is Cc1noc(C2CCc3nc[nH]c3C2)n1. The Morgan fingerprint density at radius 2 is 2.47 bits per heavy atom. The summed E-state index contributed by atoms with van der Waals surface area (Å²) in [5.41, 5.74) is 2.39. The molecule has 3 rings (SSSR count). The van der Waals surface area contributed by atoms with Crippen LogP contribution in [0.1, 0.15) is 35.4 Å². The fourth-order valence-corrected chi connectivity index (χ4v) is 2.09. The highest BCUT2D eigenvalue weighted by molar-refractivity contribution is 5.18. The number of hydrogen-bond donors (Lipinski definition) is 1. The summed E-state index contributed by atoms with van der Waals surface area (Å²) in [6.07, 6.45) is 4.72. The van der Waals surface area contributed by atoms with Gasteiger partial charge in [0.25, 0.3) is 0 Å². The van der Waals surface area contributed by atoms with Crippen LogP contribution >= 0.6 is 0 Å². The number of H-pyrrole nitrogens is 1. The Labute approximate surface area is 86.9 Å². The van der Waals surface area contributed by atoms with Gasteiger partial charge in [0.05, 0.1) is 12.0 Å². The molecule has 1 aliphatic rings. The third-order valence-electron chi connectivity index (χ3n) is 2.88. The fourth-order valence-electron chi connectivity index (χ4n) is 2.09. The zero-order chi connectivity index (χ0) is 10.3. The summed E-state index contributed by atoms with van der Waals surface area (Å²) in [5.74, 6) is 1.81. The van der Waals surface area contributed by atoms with Crippen LogP contribution in [-0.4, -0.2) is 20.1 Å². The Bertz CT molecular complexity index is 473. The first-order valence-corrected chi connectivity index (χ1v) is 5.14. The predicted octanol–water partition coefficient (Wildman–Crippen LogP) is 1.37. The van der Waals surface area contributed by atoms with Gasteiger partial charge in [0, 0.05) is 18.0 Å². The molecule has 2 aromatic rings. The molecular weight excluding hydrogens is 192 g/mol. The molecule has 0 saturated carbocycles. The van der Waals surface area contributed by atoms with E-state index in [1.165, 1.54) is 11.4 Å². The average Bonchev–Trinajstić information content (AvgIpc) is 2.84. The predicted molar refractivity (Wildman–Crippen MR) is 52.4 cm³/mol. The van der Waals surface area contributed by atoms with Gasteiger partial charge in [0.1, 0.15) is 0 Å². The first kappa shape index (κ1) is 8.64. The largest absolute Gasteiger partial charge is 0.348 e. The summed E-state index contributed by atoms with van der Waals surface area (Å²) >= 11 is 0. The van der Waals surface area contributed by atoms with E-state index in [9.17, 15) is 0 Å². The third-order valence-corrected chi connectivity index (χ3v) is 2.88. The normalized spacial score (nSPS) is 20.2. The Hall–Kier alpha value is -1.65. The lowest BCUT2D eigenvalue weighted by Crippen LogP contribution is -2.13. The summed E-state index contributed by atoms with van der Waals surface area (Å²) in [4.78, 5) is 11.7. The van der Waals surface area contributed by atoms with E-state index in [1.54, 1.807) is 6.33 Å². The highest BCUT2D eigenvalue weighted by Gasteiger charge is 2.25. The second kappa shape index (κ2) is 3.18. The van der Waals surface area contributed by atoms with E-state index in [-0.39, 0.29) is 0 Å². The van der Waals surface area contributed by atoms with E-state index in [0.717, 1.165) is 25.2 Å². The summed E-state index contributed by atoms with van der Waals surface area (Å²) in [6.45, 7) is 1.84. The summed E-state index contributed by atoms with van der Waals surface area (Å²) in [7, 11) is 0. The van der Waals surface area contributed by atoms with Crippen molar-refractivity contribution in [2.75, 3.05) is 0 Å². The fraction of sp³-hybridized carbons (Fsp3) is 0.500. The highest BCUT2D eigenvalue weighted by Crippen LogP contribution is 2.29. The number of aromatic amines is 1. The molecule has 0 spiro atoms. The van der Waals surface area contributed by atoms with Crippen molar-refractivity contribution in [1.82, 2.24) is 20.1 Å². The highest BCUT2D eigenvalue weighted by atomic mass is 16.5. The van der Waals surface area contributed by atoms with Crippen molar-refractivity contribution in [3.8, 4) is 0 Å². The molecule has 0 aromatic carbocycles. The summed E-state index contributed by atoms with van der Waals surface area (Å²) < 4.78 is 5.20. The van der Waals surface area contributed by atoms with Crippen molar-refractivity contribution >= 4 is 0 Å². The summed E-state index contributed by atoms with van der Waals surface area (Å²) in [5, 5.41) is 3.82. The van der Waals surface area contributed by atoms with Crippen molar-refractivity contribution in [2.45, 2.75) is 32.1 Å². The molecule has 0 aliphatic heterocycles. The zero-order valence-corrected chi connectivity index (χ0v) is 8.53. The van der Waals surface area contributed by atoms with Gasteiger partial charge < -0.3 is 9.51 Å². The molecule has 5 nitrogen and oxygen atoms in total. The minimum Gasteiger partial charge on any atom is -0.348 e. The van der Waals surface area contributed by atoms with Crippen molar-refractivity contribution in [2.24, 2.45) is 0 Å². The van der Waals surface area contributed by atoms with Crippen molar-refractivity contribution < 1.29 is 4.52 Å². The lowest BCUT2D eigenvalue weighted by Gasteiger charge is -2.17. The van der Waals surface area contributed by atoms with E-state index < -0.39 is 0 Å². The smallest absolute Gasteiger partial charge is 0.230 e. The molecule has 0 bridgehead atoms. The second-order valence-electron chi connectivity index (χ2n) is 3.95. The number of aryl methyl sites for hydroxylation is 2. The van der Waals surface area contributed by atoms with Crippen molar-refractivity contribution in [3.05, 3.63) is 29.4 Å². The molecule has 0 amide bonds. The molecule has 1 aliphatic carbocycles. The van der Waals surface area contributed by atoms with E-state index in [4.69, 9.17) is 4.52 Å². The van der Waals surface area contributed by atoms with Crippen LogP contribution in [0.4, 0.5) is 0 Å². The van der Waals surface area contributed by atoms with Crippen LogP contribution in [-0.2, 0) is 12.8 Å². The topological polar surface area (TPSA) is 67.6 Å². The molecule has 5 heteroatoms. The van der Waals surface area contributed by atoms with Gasteiger partial charge in [-0.25, -0.2) is 4.98 Å². The molecule has 1 N–H and O–H groups in total. The third kappa shape index (κ3) is 1.44. The molecule has 2 aromatic heterocycles. The van der Waals surface area contributed by atoms with Gasteiger partial charge in [-0.05, 0) is 19.8 Å². The zero-order valence-electron chi connectivity index (χ0n) is 8.53. The number of hydrogen-bond acceptors (Lipinski definition) is 4. The number of aromatic nitrogens is 4. The molecular formula is C10H12N4O. The number of fused-ring (bicyclic) bond motifs is 1. The second-order valence-corrected chi connectivity index (χ2v) is 3.95. The van der Waals surface area contributed by atoms with Crippen molar-refractivity contribution in [3.63, 3.8) is 0 Å². The van der Waals surface area contributed by atoms with E-state index in [0.29, 0.717) is 11.7 Å². The van der Waals surface area contributed by atoms with Crippen LogP contribution in [0, 0.1) is 6.92 Å². The molecule has 1 unspecified atom stereocenters. The minimum atomic E-state index is 0.346. The van der Waals surface area contributed by atoms with Gasteiger partial charge in [0.2, 0.25) is 5.89 Å². The molecule has 0 fully saturated rings. The molecule has 15 heavy (non-hydrogen) atoms. The number of nitrogens with one attached hydrogen (secondary N) is 1. The maximum atomic E-state index is 5.20. The Balaban J connectivity index is 1.87.